The second-order valence-electron chi connectivity index (χ2n) is 5.08. The normalized spacial score (nSPS) is 25.8. The van der Waals surface area contributed by atoms with E-state index in [4.69, 9.17) is 4.98 Å². The van der Waals surface area contributed by atoms with Crippen LogP contribution in [0.4, 0.5) is 0 Å². The molecule has 0 aliphatic carbocycles. The van der Waals surface area contributed by atoms with Gasteiger partial charge in [0.15, 0.2) is 0 Å². The average Bonchev–Trinajstić information content (AvgIpc) is 2.82. The van der Waals surface area contributed by atoms with E-state index in [1.165, 1.54) is 41.5 Å². The number of aromatic nitrogens is 1. The summed E-state index contributed by atoms with van der Waals surface area (Å²) >= 11 is 1.97. The Morgan fingerprint density at radius 1 is 1.53 bits per heavy atom. The number of thiazole rings is 1. The molecule has 1 fully saturated rings. The van der Waals surface area contributed by atoms with Gasteiger partial charge in [-0.05, 0) is 25.9 Å². The highest BCUT2D eigenvalue weighted by atomic mass is 32.1. The lowest BCUT2D eigenvalue weighted by atomic mass is 10.0. The minimum atomic E-state index is 0.675. The summed E-state index contributed by atoms with van der Waals surface area (Å²) in [5.74, 6) is 0.675. The molecule has 3 heterocycles. The van der Waals surface area contributed by atoms with Crippen LogP contribution in [0.25, 0.3) is 0 Å². The van der Waals surface area contributed by atoms with Crippen LogP contribution in [0.3, 0.4) is 0 Å². The summed E-state index contributed by atoms with van der Waals surface area (Å²) in [6.45, 7) is 8.05. The molecular formula is C13H21N3S. The summed E-state index contributed by atoms with van der Waals surface area (Å²) < 4.78 is 0. The van der Waals surface area contributed by atoms with Crippen LogP contribution in [0.15, 0.2) is 0 Å². The van der Waals surface area contributed by atoms with Crippen molar-refractivity contribution in [2.75, 3.05) is 26.2 Å². The van der Waals surface area contributed by atoms with E-state index in [1.807, 2.05) is 11.3 Å². The molecule has 3 nitrogen and oxygen atoms in total. The van der Waals surface area contributed by atoms with Gasteiger partial charge in [-0.1, -0.05) is 6.92 Å². The molecule has 2 aliphatic heterocycles. The Morgan fingerprint density at radius 3 is 3.24 bits per heavy atom. The fraction of sp³-hybridized carbons (Fsp3) is 0.769. The van der Waals surface area contributed by atoms with E-state index in [-0.39, 0.29) is 0 Å². The van der Waals surface area contributed by atoms with Crippen LogP contribution in [0, 0.1) is 0 Å². The minimum absolute atomic E-state index is 0.675. The molecule has 2 aliphatic rings. The fourth-order valence-corrected chi connectivity index (χ4v) is 4.06. The van der Waals surface area contributed by atoms with Crippen LogP contribution >= 0.6 is 11.3 Å². The Balaban J connectivity index is 1.77. The van der Waals surface area contributed by atoms with E-state index in [0.717, 1.165) is 26.1 Å². The van der Waals surface area contributed by atoms with Gasteiger partial charge in [0.1, 0.15) is 0 Å². The minimum Gasteiger partial charge on any atom is -0.316 e. The molecule has 1 N–H and O–H groups in total. The van der Waals surface area contributed by atoms with Gasteiger partial charge in [-0.15, -0.1) is 11.3 Å². The van der Waals surface area contributed by atoms with Crippen molar-refractivity contribution < 1.29 is 0 Å². The Hall–Kier alpha value is -0.450. The van der Waals surface area contributed by atoms with E-state index < -0.39 is 0 Å². The van der Waals surface area contributed by atoms with Crippen LogP contribution in [0.2, 0.25) is 0 Å². The highest BCUT2D eigenvalue weighted by Gasteiger charge is 2.24. The van der Waals surface area contributed by atoms with Crippen molar-refractivity contribution in [2.45, 2.75) is 38.6 Å². The molecule has 0 bridgehead atoms. The van der Waals surface area contributed by atoms with Gasteiger partial charge < -0.3 is 5.32 Å². The van der Waals surface area contributed by atoms with Gasteiger partial charge in [0.2, 0.25) is 0 Å². The van der Waals surface area contributed by atoms with E-state index in [2.05, 4.69) is 17.1 Å². The standard InChI is InChI=1S/C13H21N3S/c1-2-16-7-5-11-12(9-16)17-13(15-11)10-4-3-6-14-8-10/h10,14H,2-9H2,1H3. The third-order valence-corrected chi connectivity index (χ3v) is 5.17. The molecule has 0 aromatic carbocycles. The van der Waals surface area contributed by atoms with E-state index in [9.17, 15) is 0 Å². The van der Waals surface area contributed by atoms with Crippen LogP contribution in [0.5, 0.6) is 0 Å². The first kappa shape index (κ1) is 11.6. The molecule has 0 radical (unpaired) electrons. The summed E-state index contributed by atoms with van der Waals surface area (Å²) in [4.78, 5) is 8.94. The molecular weight excluding hydrogens is 230 g/mol. The molecule has 0 spiro atoms. The Bertz CT molecular complexity index is 382. The van der Waals surface area contributed by atoms with Crippen molar-refractivity contribution in [1.82, 2.24) is 15.2 Å². The topological polar surface area (TPSA) is 28.2 Å². The molecule has 1 unspecified atom stereocenters. The molecule has 17 heavy (non-hydrogen) atoms. The maximum Gasteiger partial charge on any atom is 0.0975 e. The van der Waals surface area contributed by atoms with Gasteiger partial charge in [0.25, 0.3) is 0 Å². The van der Waals surface area contributed by atoms with Gasteiger partial charge in [-0.2, -0.15) is 0 Å². The highest BCUT2D eigenvalue weighted by molar-refractivity contribution is 7.11. The van der Waals surface area contributed by atoms with Gasteiger partial charge in [0, 0.05) is 36.9 Å². The number of likely N-dealkylation sites (N-methyl/N-ethyl adjacent to an activating group) is 1. The zero-order valence-corrected chi connectivity index (χ0v) is 11.4. The van der Waals surface area contributed by atoms with Crippen molar-refractivity contribution in [3.63, 3.8) is 0 Å². The Labute approximate surface area is 107 Å². The fourth-order valence-electron chi connectivity index (χ4n) is 2.78. The number of fused-ring (bicyclic) bond motifs is 1. The predicted octanol–water partition coefficient (Wildman–Crippen LogP) is 1.99. The zero-order valence-electron chi connectivity index (χ0n) is 10.5. The quantitative estimate of drug-likeness (QED) is 0.871. The maximum absolute atomic E-state index is 4.90. The molecule has 0 amide bonds. The van der Waals surface area contributed by atoms with Crippen molar-refractivity contribution in [2.24, 2.45) is 0 Å². The second kappa shape index (κ2) is 5.04. The van der Waals surface area contributed by atoms with E-state index >= 15 is 0 Å². The van der Waals surface area contributed by atoms with Crippen LogP contribution in [0.1, 0.15) is 41.3 Å². The third-order valence-electron chi connectivity index (χ3n) is 3.92. The highest BCUT2D eigenvalue weighted by Crippen LogP contribution is 2.32. The molecule has 1 aromatic rings. The summed E-state index contributed by atoms with van der Waals surface area (Å²) in [5, 5.41) is 4.88. The van der Waals surface area contributed by atoms with Gasteiger partial charge in [0.05, 0.1) is 10.7 Å². The summed E-state index contributed by atoms with van der Waals surface area (Å²) in [7, 11) is 0. The molecule has 1 atom stereocenters. The number of rotatable bonds is 2. The van der Waals surface area contributed by atoms with Crippen molar-refractivity contribution in [1.29, 1.82) is 0 Å². The lowest BCUT2D eigenvalue weighted by molar-refractivity contribution is 0.269. The predicted molar refractivity (Wildman–Crippen MR) is 71.6 cm³/mol. The van der Waals surface area contributed by atoms with Crippen LogP contribution in [-0.4, -0.2) is 36.1 Å². The number of piperidine rings is 1. The Morgan fingerprint density at radius 2 is 2.47 bits per heavy atom. The first-order chi connectivity index (χ1) is 8.36. The van der Waals surface area contributed by atoms with E-state index in [1.54, 1.807) is 0 Å². The number of hydrogen-bond acceptors (Lipinski definition) is 4. The summed E-state index contributed by atoms with van der Waals surface area (Å²) in [5.41, 5.74) is 1.39. The lowest BCUT2D eigenvalue weighted by Gasteiger charge is -2.23. The molecule has 4 heteroatoms. The van der Waals surface area contributed by atoms with Crippen LogP contribution < -0.4 is 5.32 Å². The first-order valence-corrected chi connectivity index (χ1v) is 7.60. The molecule has 0 saturated carbocycles. The van der Waals surface area contributed by atoms with Gasteiger partial charge >= 0.3 is 0 Å². The molecule has 1 saturated heterocycles. The van der Waals surface area contributed by atoms with Crippen molar-refractivity contribution in [3.05, 3.63) is 15.6 Å². The SMILES string of the molecule is CCN1CCc2nc(C3CCCNC3)sc2C1. The van der Waals surface area contributed by atoms with Crippen molar-refractivity contribution >= 4 is 11.3 Å². The summed E-state index contributed by atoms with van der Waals surface area (Å²) in [6, 6.07) is 0. The number of hydrogen-bond donors (Lipinski definition) is 1. The summed E-state index contributed by atoms with van der Waals surface area (Å²) in [6.07, 6.45) is 3.77. The first-order valence-electron chi connectivity index (χ1n) is 6.78. The zero-order chi connectivity index (χ0) is 11.7. The molecule has 94 valence electrons. The van der Waals surface area contributed by atoms with Gasteiger partial charge in [-0.3, -0.25) is 4.90 Å². The van der Waals surface area contributed by atoms with E-state index in [0.29, 0.717) is 5.92 Å². The second-order valence-corrected chi connectivity index (χ2v) is 6.20. The Kier molecular flexibility index (Phi) is 3.45. The molecule has 3 rings (SSSR count). The van der Waals surface area contributed by atoms with Crippen LogP contribution in [-0.2, 0) is 13.0 Å². The smallest absolute Gasteiger partial charge is 0.0975 e. The average molecular weight is 251 g/mol. The maximum atomic E-state index is 4.90. The molecule has 1 aromatic heterocycles. The largest absolute Gasteiger partial charge is 0.316 e. The monoisotopic (exact) mass is 251 g/mol. The van der Waals surface area contributed by atoms with Gasteiger partial charge in [-0.25, -0.2) is 4.98 Å². The van der Waals surface area contributed by atoms with Crippen molar-refractivity contribution in [3.8, 4) is 0 Å². The number of nitrogens with zero attached hydrogens (tertiary/aromatic N) is 2. The third kappa shape index (κ3) is 2.39. The number of nitrogens with one attached hydrogen (secondary N) is 1. The lowest BCUT2D eigenvalue weighted by Crippen LogP contribution is -2.29.